The zero-order chi connectivity index (χ0) is 14.0. The van der Waals surface area contributed by atoms with Crippen molar-refractivity contribution in [3.63, 3.8) is 0 Å². The second-order valence-corrected chi connectivity index (χ2v) is 5.31. The molecule has 0 spiro atoms. The van der Waals surface area contributed by atoms with Crippen molar-refractivity contribution in [1.29, 1.82) is 0 Å². The van der Waals surface area contributed by atoms with Crippen LogP contribution in [-0.4, -0.2) is 13.1 Å². The number of methoxy groups -OCH3 is 1. The van der Waals surface area contributed by atoms with Crippen LogP contribution in [-0.2, 0) is 4.74 Å². The van der Waals surface area contributed by atoms with Gasteiger partial charge in [0, 0.05) is 4.47 Å². The Hall–Kier alpha value is -1.61. The van der Waals surface area contributed by atoms with Crippen molar-refractivity contribution in [2.24, 2.45) is 0 Å². The Morgan fingerprint density at radius 3 is 2.47 bits per heavy atom. The fourth-order valence-electron chi connectivity index (χ4n) is 2.13. The smallest absolute Gasteiger partial charge is 0.338 e. The van der Waals surface area contributed by atoms with Gasteiger partial charge in [-0.3, -0.25) is 0 Å². The van der Waals surface area contributed by atoms with Crippen molar-refractivity contribution in [3.05, 3.63) is 57.6 Å². The maximum absolute atomic E-state index is 11.9. The first-order chi connectivity index (χ1) is 9.04. The van der Waals surface area contributed by atoms with Crippen LogP contribution in [0, 0.1) is 13.8 Å². The largest absolute Gasteiger partial charge is 0.465 e. The van der Waals surface area contributed by atoms with Gasteiger partial charge < -0.3 is 4.74 Å². The molecule has 0 unspecified atom stereocenters. The van der Waals surface area contributed by atoms with E-state index in [1.54, 1.807) is 6.07 Å². The van der Waals surface area contributed by atoms with Crippen molar-refractivity contribution < 1.29 is 9.53 Å². The lowest BCUT2D eigenvalue weighted by Gasteiger charge is -2.12. The van der Waals surface area contributed by atoms with Gasteiger partial charge in [-0.1, -0.05) is 40.2 Å². The summed E-state index contributed by atoms with van der Waals surface area (Å²) in [5.41, 5.74) is 4.76. The Labute approximate surface area is 121 Å². The molecule has 3 heteroatoms. The summed E-state index contributed by atoms with van der Waals surface area (Å²) in [6.45, 7) is 4.03. The minimum Gasteiger partial charge on any atom is -0.465 e. The van der Waals surface area contributed by atoms with E-state index >= 15 is 0 Å². The van der Waals surface area contributed by atoms with Gasteiger partial charge in [-0.25, -0.2) is 4.79 Å². The molecule has 0 atom stereocenters. The third-order valence-electron chi connectivity index (χ3n) is 3.12. The molecule has 0 N–H and O–H groups in total. The maximum Gasteiger partial charge on any atom is 0.338 e. The molecule has 0 amide bonds. The number of carbonyl (C=O) groups is 1. The van der Waals surface area contributed by atoms with E-state index in [4.69, 9.17) is 4.74 Å². The molecular weight excluding hydrogens is 304 g/mol. The number of aryl methyl sites for hydroxylation is 2. The van der Waals surface area contributed by atoms with Gasteiger partial charge in [0.1, 0.15) is 0 Å². The van der Waals surface area contributed by atoms with Crippen LogP contribution in [0.1, 0.15) is 21.5 Å². The fraction of sp³-hybridized carbons (Fsp3) is 0.188. The molecule has 0 bridgehead atoms. The average Bonchev–Trinajstić information content (AvgIpc) is 2.41. The molecule has 0 aromatic heterocycles. The van der Waals surface area contributed by atoms with Crippen LogP contribution in [0.15, 0.2) is 40.9 Å². The van der Waals surface area contributed by atoms with Gasteiger partial charge in [0.25, 0.3) is 0 Å². The van der Waals surface area contributed by atoms with Crippen LogP contribution in [0.5, 0.6) is 0 Å². The predicted molar refractivity (Wildman–Crippen MR) is 80.4 cm³/mol. The van der Waals surface area contributed by atoms with E-state index < -0.39 is 0 Å². The predicted octanol–water partition coefficient (Wildman–Crippen LogP) is 4.52. The molecule has 2 rings (SSSR count). The molecule has 0 aliphatic carbocycles. The van der Waals surface area contributed by atoms with Crippen LogP contribution in [0.3, 0.4) is 0 Å². The molecule has 2 aromatic carbocycles. The molecule has 0 aliphatic heterocycles. The van der Waals surface area contributed by atoms with Crippen molar-refractivity contribution in [3.8, 4) is 11.1 Å². The van der Waals surface area contributed by atoms with E-state index in [1.165, 1.54) is 7.11 Å². The highest BCUT2D eigenvalue weighted by Crippen LogP contribution is 2.30. The number of benzene rings is 2. The van der Waals surface area contributed by atoms with Gasteiger partial charge in [-0.15, -0.1) is 0 Å². The van der Waals surface area contributed by atoms with Crippen LogP contribution >= 0.6 is 15.9 Å². The van der Waals surface area contributed by atoms with E-state index in [2.05, 4.69) is 22.0 Å². The van der Waals surface area contributed by atoms with Crippen molar-refractivity contribution in [2.45, 2.75) is 13.8 Å². The molecule has 19 heavy (non-hydrogen) atoms. The molecule has 0 fully saturated rings. The highest BCUT2D eigenvalue weighted by atomic mass is 79.9. The SMILES string of the molecule is COC(=O)c1cccc(C)c1-c1ccc(Br)c(C)c1. The van der Waals surface area contributed by atoms with Crippen molar-refractivity contribution in [2.75, 3.05) is 7.11 Å². The summed E-state index contributed by atoms with van der Waals surface area (Å²) in [4.78, 5) is 11.9. The van der Waals surface area contributed by atoms with Crippen LogP contribution in [0.4, 0.5) is 0 Å². The fourth-order valence-corrected chi connectivity index (χ4v) is 2.38. The van der Waals surface area contributed by atoms with Crippen LogP contribution in [0.2, 0.25) is 0 Å². The summed E-state index contributed by atoms with van der Waals surface area (Å²) < 4.78 is 5.92. The lowest BCUT2D eigenvalue weighted by Crippen LogP contribution is -2.04. The Morgan fingerprint density at radius 2 is 1.84 bits per heavy atom. The summed E-state index contributed by atoms with van der Waals surface area (Å²) in [6, 6.07) is 11.7. The third kappa shape index (κ3) is 2.71. The summed E-state index contributed by atoms with van der Waals surface area (Å²) in [5, 5.41) is 0. The number of halogens is 1. The lowest BCUT2D eigenvalue weighted by molar-refractivity contribution is 0.0601. The maximum atomic E-state index is 11.9. The summed E-state index contributed by atoms with van der Waals surface area (Å²) >= 11 is 3.49. The average molecular weight is 319 g/mol. The van der Waals surface area contributed by atoms with E-state index in [1.807, 2.05) is 38.1 Å². The highest BCUT2D eigenvalue weighted by molar-refractivity contribution is 9.10. The number of ether oxygens (including phenoxy) is 1. The quantitative estimate of drug-likeness (QED) is 0.761. The second kappa shape index (κ2) is 5.57. The molecule has 2 nitrogen and oxygen atoms in total. The molecule has 0 saturated heterocycles. The molecular formula is C16H15BrO2. The minimum atomic E-state index is -0.306. The Kier molecular flexibility index (Phi) is 4.05. The molecule has 0 heterocycles. The highest BCUT2D eigenvalue weighted by Gasteiger charge is 2.15. The third-order valence-corrected chi connectivity index (χ3v) is 4.01. The molecule has 0 saturated carbocycles. The molecule has 0 aliphatic rings. The van der Waals surface area contributed by atoms with Crippen molar-refractivity contribution in [1.82, 2.24) is 0 Å². The van der Waals surface area contributed by atoms with Crippen LogP contribution in [0.25, 0.3) is 11.1 Å². The van der Waals surface area contributed by atoms with E-state index in [-0.39, 0.29) is 5.97 Å². The van der Waals surface area contributed by atoms with E-state index in [9.17, 15) is 4.79 Å². The van der Waals surface area contributed by atoms with Gasteiger partial charge in [0.05, 0.1) is 12.7 Å². The second-order valence-electron chi connectivity index (χ2n) is 4.45. The molecule has 2 aromatic rings. The first-order valence-electron chi connectivity index (χ1n) is 5.99. The van der Waals surface area contributed by atoms with E-state index in [0.717, 1.165) is 26.7 Å². The van der Waals surface area contributed by atoms with Gasteiger partial charge in [0.2, 0.25) is 0 Å². The van der Waals surface area contributed by atoms with Gasteiger partial charge in [-0.2, -0.15) is 0 Å². The Bertz CT molecular complexity index is 633. The first-order valence-corrected chi connectivity index (χ1v) is 6.78. The van der Waals surface area contributed by atoms with Crippen LogP contribution < -0.4 is 0 Å². The molecule has 98 valence electrons. The lowest BCUT2D eigenvalue weighted by atomic mass is 9.94. The summed E-state index contributed by atoms with van der Waals surface area (Å²) in [5.74, 6) is -0.306. The van der Waals surface area contributed by atoms with Gasteiger partial charge in [0.15, 0.2) is 0 Å². The standard InChI is InChI=1S/C16H15BrO2/c1-10-5-4-6-13(16(18)19-3)15(10)12-7-8-14(17)11(2)9-12/h4-9H,1-3H3. The normalized spacial score (nSPS) is 10.3. The molecule has 0 radical (unpaired) electrons. The Balaban J connectivity index is 2.66. The zero-order valence-electron chi connectivity index (χ0n) is 11.2. The Morgan fingerprint density at radius 1 is 1.11 bits per heavy atom. The number of rotatable bonds is 2. The minimum absolute atomic E-state index is 0.306. The van der Waals surface area contributed by atoms with Gasteiger partial charge >= 0.3 is 5.97 Å². The topological polar surface area (TPSA) is 26.3 Å². The number of carbonyl (C=O) groups excluding carboxylic acids is 1. The number of hydrogen-bond acceptors (Lipinski definition) is 2. The summed E-state index contributed by atoms with van der Waals surface area (Å²) in [6.07, 6.45) is 0. The zero-order valence-corrected chi connectivity index (χ0v) is 12.7. The van der Waals surface area contributed by atoms with Crippen molar-refractivity contribution >= 4 is 21.9 Å². The van der Waals surface area contributed by atoms with Gasteiger partial charge in [-0.05, 0) is 48.2 Å². The summed E-state index contributed by atoms with van der Waals surface area (Å²) in [7, 11) is 1.40. The first kappa shape index (κ1) is 13.8. The number of hydrogen-bond donors (Lipinski definition) is 0. The monoisotopic (exact) mass is 318 g/mol. The van der Waals surface area contributed by atoms with E-state index in [0.29, 0.717) is 5.56 Å². The number of esters is 1.